The van der Waals surface area contributed by atoms with Crippen LogP contribution < -0.4 is 11.1 Å². The predicted octanol–water partition coefficient (Wildman–Crippen LogP) is 3.39. The number of piperidine rings is 1. The van der Waals surface area contributed by atoms with Gasteiger partial charge in [0.1, 0.15) is 5.82 Å². The number of carbonyl (C=O) groups is 1. The number of guanidine groups is 1. The summed E-state index contributed by atoms with van der Waals surface area (Å²) >= 11 is 0. The molecule has 2 fully saturated rings. The molecule has 3 rings (SSSR count). The Morgan fingerprint density at radius 1 is 1.32 bits per heavy atom. The van der Waals surface area contributed by atoms with Crippen molar-refractivity contribution >= 4 is 36.0 Å². The first-order chi connectivity index (χ1) is 13.0. The molecule has 1 aliphatic heterocycles. The smallest absolute Gasteiger partial charge is 0.409 e. The van der Waals surface area contributed by atoms with Crippen molar-refractivity contribution in [3.05, 3.63) is 35.6 Å². The van der Waals surface area contributed by atoms with Crippen LogP contribution in [0.3, 0.4) is 0 Å². The van der Waals surface area contributed by atoms with Gasteiger partial charge in [0.05, 0.1) is 13.2 Å². The van der Waals surface area contributed by atoms with Crippen molar-refractivity contribution in [2.45, 2.75) is 50.5 Å². The van der Waals surface area contributed by atoms with E-state index in [0.717, 1.165) is 37.7 Å². The van der Waals surface area contributed by atoms with Gasteiger partial charge in [0.2, 0.25) is 0 Å². The normalized spacial score (nSPS) is 19.4. The molecule has 1 aromatic rings. The number of benzene rings is 1. The molecule has 0 radical (unpaired) electrons. The Hall–Kier alpha value is -1.58. The molecule has 2 aliphatic rings. The summed E-state index contributed by atoms with van der Waals surface area (Å²) in [4.78, 5) is 18.1. The Morgan fingerprint density at radius 3 is 2.50 bits per heavy atom. The second-order valence-corrected chi connectivity index (χ2v) is 7.45. The van der Waals surface area contributed by atoms with E-state index >= 15 is 0 Å². The van der Waals surface area contributed by atoms with Crippen molar-refractivity contribution in [1.29, 1.82) is 0 Å². The summed E-state index contributed by atoms with van der Waals surface area (Å²) in [5, 5.41) is 3.28. The van der Waals surface area contributed by atoms with Crippen LogP contribution in [0.4, 0.5) is 9.18 Å². The van der Waals surface area contributed by atoms with Gasteiger partial charge >= 0.3 is 6.09 Å². The molecule has 1 saturated heterocycles. The van der Waals surface area contributed by atoms with E-state index in [0.29, 0.717) is 32.2 Å². The highest BCUT2D eigenvalue weighted by atomic mass is 127. The van der Waals surface area contributed by atoms with Crippen LogP contribution in [0.15, 0.2) is 29.3 Å². The van der Waals surface area contributed by atoms with Crippen molar-refractivity contribution in [3.8, 4) is 0 Å². The maximum absolute atomic E-state index is 13.2. The average molecular weight is 504 g/mol. The van der Waals surface area contributed by atoms with E-state index in [2.05, 4.69) is 10.3 Å². The Kier molecular flexibility index (Phi) is 8.33. The van der Waals surface area contributed by atoms with Crippen LogP contribution in [0.25, 0.3) is 0 Å². The van der Waals surface area contributed by atoms with Gasteiger partial charge in [0, 0.05) is 24.5 Å². The Balaban J connectivity index is 0.00000280. The number of aliphatic imine (C=N–C) groups is 1. The van der Waals surface area contributed by atoms with Crippen molar-refractivity contribution < 1.29 is 13.9 Å². The third-order valence-corrected chi connectivity index (χ3v) is 5.69. The molecule has 1 amide bonds. The maximum Gasteiger partial charge on any atom is 0.409 e. The molecule has 1 heterocycles. The van der Waals surface area contributed by atoms with E-state index < -0.39 is 0 Å². The van der Waals surface area contributed by atoms with Crippen molar-refractivity contribution in [2.24, 2.45) is 10.7 Å². The lowest BCUT2D eigenvalue weighted by molar-refractivity contribution is 0.0963. The first-order valence-electron chi connectivity index (χ1n) is 9.76. The highest BCUT2D eigenvalue weighted by Crippen LogP contribution is 2.44. The first kappa shape index (κ1) is 22.7. The fourth-order valence-corrected chi connectivity index (χ4v) is 3.86. The lowest BCUT2D eigenvalue weighted by Crippen LogP contribution is -2.49. The van der Waals surface area contributed by atoms with Gasteiger partial charge in [-0.3, -0.25) is 4.99 Å². The molecule has 0 aromatic heterocycles. The summed E-state index contributed by atoms with van der Waals surface area (Å²) in [5.41, 5.74) is 7.22. The van der Waals surface area contributed by atoms with Crippen LogP contribution in [0, 0.1) is 5.82 Å². The maximum atomic E-state index is 13.2. The van der Waals surface area contributed by atoms with E-state index in [9.17, 15) is 9.18 Å². The number of halogens is 2. The summed E-state index contributed by atoms with van der Waals surface area (Å²) in [5.74, 6) is 0.227. The molecule has 0 spiro atoms. The molecule has 28 heavy (non-hydrogen) atoms. The number of amides is 1. The third-order valence-electron chi connectivity index (χ3n) is 5.69. The van der Waals surface area contributed by atoms with Gasteiger partial charge < -0.3 is 20.7 Å². The Morgan fingerprint density at radius 2 is 1.96 bits per heavy atom. The highest BCUT2D eigenvalue weighted by molar-refractivity contribution is 14.0. The molecule has 0 atom stereocenters. The number of hydrogen-bond donors (Lipinski definition) is 2. The molecule has 0 bridgehead atoms. The van der Waals surface area contributed by atoms with Gasteiger partial charge in [0.15, 0.2) is 5.96 Å². The Bertz CT molecular complexity index is 671. The van der Waals surface area contributed by atoms with Gasteiger partial charge in [-0.2, -0.15) is 0 Å². The minimum atomic E-state index is -0.246. The molecule has 0 unspecified atom stereocenters. The molecule has 1 aromatic carbocycles. The minimum absolute atomic E-state index is 0. The number of nitrogens with one attached hydrogen (secondary N) is 1. The van der Waals surface area contributed by atoms with Crippen LogP contribution in [0.2, 0.25) is 0 Å². The molecule has 156 valence electrons. The zero-order valence-electron chi connectivity index (χ0n) is 16.3. The molecule has 3 N–H and O–H groups in total. The van der Waals surface area contributed by atoms with E-state index in [1.165, 1.54) is 12.1 Å². The van der Waals surface area contributed by atoms with Gasteiger partial charge in [-0.05, 0) is 50.3 Å². The molecule has 1 aliphatic carbocycles. The van der Waals surface area contributed by atoms with Crippen molar-refractivity contribution in [1.82, 2.24) is 10.2 Å². The number of likely N-dealkylation sites (tertiary alicyclic amines) is 1. The van der Waals surface area contributed by atoms with Gasteiger partial charge in [-0.15, -0.1) is 24.0 Å². The first-order valence-corrected chi connectivity index (χ1v) is 9.76. The predicted molar refractivity (Wildman–Crippen MR) is 119 cm³/mol. The van der Waals surface area contributed by atoms with Crippen molar-refractivity contribution in [3.63, 3.8) is 0 Å². The lowest BCUT2D eigenvalue weighted by atomic mass is 9.64. The molecule has 6 nitrogen and oxygen atoms in total. The van der Waals surface area contributed by atoms with Gasteiger partial charge in [-0.1, -0.05) is 18.6 Å². The summed E-state index contributed by atoms with van der Waals surface area (Å²) in [6.07, 6.45) is 4.65. The van der Waals surface area contributed by atoms with Crippen LogP contribution >= 0.6 is 24.0 Å². The topological polar surface area (TPSA) is 80.0 Å². The van der Waals surface area contributed by atoms with Crippen molar-refractivity contribution in [2.75, 3.05) is 26.2 Å². The number of carbonyl (C=O) groups excluding carboxylic acids is 1. The summed E-state index contributed by atoms with van der Waals surface area (Å²) in [7, 11) is 0. The van der Waals surface area contributed by atoms with Crippen LogP contribution in [-0.4, -0.2) is 49.2 Å². The number of nitrogens with zero attached hydrogens (tertiary/aromatic N) is 2. The van der Waals surface area contributed by atoms with E-state index in [1.54, 1.807) is 4.90 Å². The van der Waals surface area contributed by atoms with Crippen LogP contribution in [0.1, 0.15) is 44.6 Å². The highest BCUT2D eigenvalue weighted by Gasteiger charge is 2.38. The number of nitrogens with two attached hydrogens (primary N) is 1. The largest absolute Gasteiger partial charge is 0.450 e. The zero-order chi connectivity index (χ0) is 19.3. The zero-order valence-corrected chi connectivity index (χ0v) is 18.7. The summed E-state index contributed by atoms with van der Waals surface area (Å²) in [6, 6.07) is 6.95. The fraction of sp³-hybridized carbons (Fsp3) is 0.600. The molecular formula is C20H30FIN4O2. The monoisotopic (exact) mass is 504 g/mol. The lowest BCUT2D eigenvalue weighted by Gasteiger charge is -2.41. The summed E-state index contributed by atoms with van der Waals surface area (Å²) < 4.78 is 18.2. The molecule has 1 saturated carbocycles. The molecule has 8 heteroatoms. The van der Waals surface area contributed by atoms with E-state index in [4.69, 9.17) is 10.5 Å². The van der Waals surface area contributed by atoms with Crippen LogP contribution in [0.5, 0.6) is 0 Å². The van der Waals surface area contributed by atoms with Crippen LogP contribution in [-0.2, 0) is 10.2 Å². The standard InChI is InChI=1S/C20H29FN4O2.HI/c1-2-27-19(26)25-12-8-17(9-13-25)24-18(22)23-14-20(10-3-11-20)15-4-6-16(21)7-5-15;/h4-7,17H,2-3,8-14H2,1H3,(H3,22,23,24);1H. The second-order valence-electron chi connectivity index (χ2n) is 7.45. The third kappa shape index (κ3) is 5.48. The average Bonchev–Trinajstić information content (AvgIpc) is 2.63. The SMILES string of the molecule is CCOC(=O)N1CCC(NC(N)=NCC2(c3ccc(F)cc3)CCC2)CC1.I. The van der Waals surface area contributed by atoms with E-state index in [1.807, 2.05) is 19.1 Å². The summed E-state index contributed by atoms with van der Waals surface area (Å²) in [6.45, 7) is 4.13. The van der Waals surface area contributed by atoms with Gasteiger partial charge in [-0.25, -0.2) is 9.18 Å². The fourth-order valence-electron chi connectivity index (χ4n) is 3.86. The van der Waals surface area contributed by atoms with E-state index in [-0.39, 0.29) is 47.3 Å². The second kappa shape index (κ2) is 10.3. The molecular weight excluding hydrogens is 474 g/mol. The quantitative estimate of drug-likeness (QED) is 0.366. The Labute approximate surface area is 183 Å². The number of rotatable bonds is 5. The minimum Gasteiger partial charge on any atom is -0.450 e. The number of hydrogen-bond acceptors (Lipinski definition) is 3. The number of ether oxygens (including phenoxy) is 1. The van der Waals surface area contributed by atoms with Gasteiger partial charge in [0.25, 0.3) is 0 Å².